The Hall–Kier alpha value is -0.780. The Balaban J connectivity index is 2.69. The molecule has 1 atom stereocenters. The van der Waals surface area contributed by atoms with Crippen LogP contribution in [0.15, 0.2) is 24.3 Å². The fourth-order valence-electron chi connectivity index (χ4n) is 1.57. The molecule has 0 bridgehead atoms. The fourth-order valence-corrected chi connectivity index (χ4v) is 2.09. The van der Waals surface area contributed by atoms with E-state index in [1.807, 2.05) is 38.1 Å². The van der Waals surface area contributed by atoms with E-state index in [2.05, 4.69) is 22.6 Å². The van der Waals surface area contributed by atoms with Crippen LogP contribution in [-0.2, 0) is 4.79 Å². The van der Waals surface area contributed by atoms with Gasteiger partial charge in [-0.25, -0.2) is 0 Å². The molecule has 0 N–H and O–H groups in total. The van der Waals surface area contributed by atoms with Crippen molar-refractivity contribution in [1.82, 2.24) is 4.90 Å². The van der Waals surface area contributed by atoms with Gasteiger partial charge in [0.05, 0.1) is 3.57 Å². The first-order valence-electron chi connectivity index (χ1n) is 5.80. The molecule has 1 unspecified atom stereocenters. The molecule has 0 radical (unpaired) electrons. The summed E-state index contributed by atoms with van der Waals surface area (Å²) in [5.41, 5.74) is 0. The van der Waals surface area contributed by atoms with Crippen molar-refractivity contribution in [2.45, 2.75) is 26.9 Å². The molecule has 3 nitrogen and oxygen atoms in total. The van der Waals surface area contributed by atoms with E-state index in [1.165, 1.54) is 0 Å². The van der Waals surface area contributed by atoms with Gasteiger partial charge < -0.3 is 9.64 Å². The van der Waals surface area contributed by atoms with Gasteiger partial charge in [-0.05, 0) is 55.5 Å². The van der Waals surface area contributed by atoms with Gasteiger partial charge in [0.25, 0.3) is 5.91 Å². The summed E-state index contributed by atoms with van der Waals surface area (Å²) in [5, 5.41) is 0. The lowest BCUT2D eigenvalue weighted by Crippen LogP contribution is -2.40. The number of benzene rings is 1. The molecular formula is C13H18INO2. The topological polar surface area (TPSA) is 29.5 Å². The van der Waals surface area contributed by atoms with Crippen molar-refractivity contribution in [2.75, 3.05) is 13.1 Å². The number of halogens is 1. The molecule has 0 saturated carbocycles. The van der Waals surface area contributed by atoms with Gasteiger partial charge >= 0.3 is 0 Å². The molecule has 0 spiro atoms. The highest BCUT2D eigenvalue weighted by Crippen LogP contribution is 2.21. The Morgan fingerprint density at radius 1 is 1.35 bits per heavy atom. The average Bonchev–Trinajstić information content (AvgIpc) is 2.33. The minimum atomic E-state index is -0.439. The Bertz CT molecular complexity index is 377. The standard InChI is InChI=1S/C13H18INO2/c1-4-15(5-2)13(16)10(3)17-12-9-7-6-8-11(12)14/h6-10H,4-5H2,1-3H3. The van der Waals surface area contributed by atoms with Gasteiger partial charge in [-0.15, -0.1) is 0 Å². The second kappa shape index (κ2) is 6.83. The summed E-state index contributed by atoms with van der Waals surface area (Å²) in [6.07, 6.45) is -0.439. The minimum absolute atomic E-state index is 0.0367. The smallest absolute Gasteiger partial charge is 0.263 e. The van der Waals surface area contributed by atoms with E-state index in [9.17, 15) is 4.79 Å². The normalized spacial score (nSPS) is 12.0. The van der Waals surface area contributed by atoms with Crippen molar-refractivity contribution in [3.8, 4) is 5.75 Å². The van der Waals surface area contributed by atoms with E-state index in [0.29, 0.717) is 0 Å². The van der Waals surface area contributed by atoms with Crippen molar-refractivity contribution in [1.29, 1.82) is 0 Å². The van der Waals surface area contributed by atoms with Gasteiger partial charge in [0.1, 0.15) is 5.75 Å². The molecule has 17 heavy (non-hydrogen) atoms. The van der Waals surface area contributed by atoms with E-state index in [1.54, 1.807) is 11.8 Å². The monoisotopic (exact) mass is 347 g/mol. The summed E-state index contributed by atoms with van der Waals surface area (Å²) in [4.78, 5) is 13.8. The van der Waals surface area contributed by atoms with Crippen LogP contribution in [0.25, 0.3) is 0 Å². The van der Waals surface area contributed by atoms with Crippen LogP contribution in [-0.4, -0.2) is 30.0 Å². The molecule has 1 aromatic rings. The molecular weight excluding hydrogens is 329 g/mol. The van der Waals surface area contributed by atoms with Crippen LogP contribution in [0.3, 0.4) is 0 Å². The van der Waals surface area contributed by atoms with Crippen LogP contribution in [0.4, 0.5) is 0 Å². The van der Waals surface area contributed by atoms with Crippen LogP contribution in [0.1, 0.15) is 20.8 Å². The first-order chi connectivity index (χ1) is 8.10. The first-order valence-corrected chi connectivity index (χ1v) is 6.88. The maximum atomic E-state index is 12.0. The highest BCUT2D eigenvalue weighted by atomic mass is 127. The number of hydrogen-bond acceptors (Lipinski definition) is 2. The number of hydrogen-bond donors (Lipinski definition) is 0. The number of nitrogens with zero attached hydrogens (tertiary/aromatic N) is 1. The molecule has 0 aliphatic carbocycles. The molecule has 0 heterocycles. The minimum Gasteiger partial charge on any atom is -0.480 e. The van der Waals surface area contributed by atoms with E-state index in [4.69, 9.17) is 4.74 Å². The molecule has 4 heteroatoms. The predicted octanol–water partition coefficient (Wildman–Crippen LogP) is 2.93. The second-order valence-corrected chi connectivity index (χ2v) is 4.86. The Kier molecular flexibility index (Phi) is 5.74. The third kappa shape index (κ3) is 3.87. The van der Waals surface area contributed by atoms with Crippen molar-refractivity contribution in [3.63, 3.8) is 0 Å². The van der Waals surface area contributed by atoms with E-state index in [0.717, 1.165) is 22.4 Å². The summed E-state index contributed by atoms with van der Waals surface area (Å²) in [6.45, 7) is 7.17. The van der Waals surface area contributed by atoms with Gasteiger partial charge in [0.2, 0.25) is 0 Å². The van der Waals surface area contributed by atoms with Crippen LogP contribution in [0.2, 0.25) is 0 Å². The second-order valence-electron chi connectivity index (χ2n) is 3.70. The number of ether oxygens (including phenoxy) is 1. The lowest BCUT2D eigenvalue weighted by Gasteiger charge is -2.23. The third-order valence-corrected chi connectivity index (χ3v) is 3.45. The van der Waals surface area contributed by atoms with Crippen molar-refractivity contribution >= 4 is 28.5 Å². The highest BCUT2D eigenvalue weighted by molar-refractivity contribution is 14.1. The zero-order valence-corrected chi connectivity index (χ0v) is 12.6. The number of para-hydroxylation sites is 1. The van der Waals surface area contributed by atoms with Gasteiger partial charge in [-0.1, -0.05) is 12.1 Å². The third-order valence-electron chi connectivity index (χ3n) is 2.56. The van der Waals surface area contributed by atoms with Gasteiger partial charge in [0, 0.05) is 13.1 Å². The summed E-state index contributed by atoms with van der Waals surface area (Å²) in [7, 11) is 0. The predicted molar refractivity (Wildman–Crippen MR) is 77.2 cm³/mol. The highest BCUT2D eigenvalue weighted by Gasteiger charge is 2.20. The fraction of sp³-hybridized carbons (Fsp3) is 0.462. The number of likely N-dealkylation sites (N-methyl/N-ethyl adjacent to an activating group) is 1. The molecule has 0 fully saturated rings. The quantitative estimate of drug-likeness (QED) is 0.767. The molecule has 0 aromatic heterocycles. The average molecular weight is 347 g/mol. The molecule has 0 saturated heterocycles. The van der Waals surface area contributed by atoms with Crippen LogP contribution in [0.5, 0.6) is 5.75 Å². The van der Waals surface area contributed by atoms with Crippen molar-refractivity contribution in [2.24, 2.45) is 0 Å². The number of amides is 1. The van der Waals surface area contributed by atoms with Gasteiger partial charge in [-0.3, -0.25) is 4.79 Å². The van der Waals surface area contributed by atoms with Crippen LogP contribution in [0, 0.1) is 3.57 Å². The summed E-state index contributed by atoms with van der Waals surface area (Å²) in [6, 6.07) is 7.70. The zero-order chi connectivity index (χ0) is 12.8. The van der Waals surface area contributed by atoms with E-state index in [-0.39, 0.29) is 5.91 Å². The summed E-state index contributed by atoms with van der Waals surface area (Å²) < 4.78 is 6.71. The maximum Gasteiger partial charge on any atom is 0.263 e. The zero-order valence-electron chi connectivity index (χ0n) is 10.4. The van der Waals surface area contributed by atoms with Crippen LogP contribution < -0.4 is 4.74 Å². The Morgan fingerprint density at radius 2 is 1.94 bits per heavy atom. The molecule has 0 aliphatic heterocycles. The van der Waals surface area contributed by atoms with E-state index >= 15 is 0 Å². The molecule has 1 rings (SSSR count). The van der Waals surface area contributed by atoms with Crippen LogP contribution >= 0.6 is 22.6 Å². The molecule has 1 aromatic carbocycles. The maximum absolute atomic E-state index is 12.0. The van der Waals surface area contributed by atoms with Crippen molar-refractivity contribution in [3.05, 3.63) is 27.8 Å². The molecule has 0 aliphatic rings. The first kappa shape index (κ1) is 14.3. The lowest BCUT2D eigenvalue weighted by molar-refractivity contribution is -0.137. The Morgan fingerprint density at radius 3 is 2.47 bits per heavy atom. The lowest BCUT2D eigenvalue weighted by atomic mass is 10.3. The van der Waals surface area contributed by atoms with Crippen molar-refractivity contribution < 1.29 is 9.53 Å². The van der Waals surface area contributed by atoms with E-state index < -0.39 is 6.10 Å². The largest absolute Gasteiger partial charge is 0.480 e. The van der Waals surface area contributed by atoms with Gasteiger partial charge in [-0.2, -0.15) is 0 Å². The number of rotatable bonds is 5. The SMILES string of the molecule is CCN(CC)C(=O)C(C)Oc1ccccc1I. The number of carbonyl (C=O) groups is 1. The summed E-state index contributed by atoms with van der Waals surface area (Å²) in [5.74, 6) is 0.802. The molecule has 1 amide bonds. The number of carbonyl (C=O) groups excluding carboxylic acids is 1. The van der Waals surface area contributed by atoms with Gasteiger partial charge in [0.15, 0.2) is 6.10 Å². The Labute approximate surface area is 116 Å². The molecule has 94 valence electrons. The summed E-state index contributed by atoms with van der Waals surface area (Å²) >= 11 is 2.20.